The quantitative estimate of drug-likeness (QED) is 0.733. The molecule has 2 aromatic rings. The summed E-state index contributed by atoms with van der Waals surface area (Å²) in [7, 11) is 0. The normalized spacial score (nSPS) is 10.7. The average molecular weight is 316 g/mol. The number of benzene rings is 1. The molecule has 0 fully saturated rings. The molecule has 0 bridgehead atoms. The smallest absolute Gasteiger partial charge is 0.290 e. The number of aromatic nitrogens is 2. The van der Waals surface area contributed by atoms with Crippen molar-refractivity contribution in [3.05, 3.63) is 48.3 Å². The van der Waals surface area contributed by atoms with Crippen LogP contribution in [0, 0.1) is 0 Å². The van der Waals surface area contributed by atoms with E-state index in [0.717, 1.165) is 6.42 Å². The number of rotatable bonds is 5. The van der Waals surface area contributed by atoms with Gasteiger partial charge in [0.1, 0.15) is 18.0 Å². The summed E-state index contributed by atoms with van der Waals surface area (Å²) in [5.41, 5.74) is 0.600. The fourth-order valence-corrected chi connectivity index (χ4v) is 1.64. The maximum atomic E-state index is 12.0. The van der Waals surface area contributed by atoms with Crippen LogP contribution < -0.4 is 10.6 Å². The van der Waals surface area contributed by atoms with Crippen LogP contribution in [0.2, 0.25) is 0 Å². The van der Waals surface area contributed by atoms with Gasteiger partial charge in [-0.15, -0.1) is 0 Å². The van der Waals surface area contributed by atoms with Gasteiger partial charge in [0.2, 0.25) is 0 Å². The van der Waals surface area contributed by atoms with E-state index < -0.39 is 0 Å². The summed E-state index contributed by atoms with van der Waals surface area (Å²) in [4.78, 5) is 28.6. The van der Waals surface area contributed by atoms with Crippen LogP contribution in [0.4, 0.5) is 11.6 Å². The van der Waals surface area contributed by atoms with E-state index >= 15 is 0 Å². The minimum absolute atomic E-state index is 0.182. The van der Waals surface area contributed by atoms with Gasteiger partial charge in [0.15, 0.2) is 0 Å². The van der Waals surface area contributed by atoms with Crippen LogP contribution in [0.1, 0.15) is 30.6 Å². The maximum Gasteiger partial charge on any atom is 0.290 e. The summed E-state index contributed by atoms with van der Waals surface area (Å²) in [6.45, 7) is 3.92. The standard InChI is InChI=1S/C15H18N4O.CH2O2/c1-3-11(2)18-13-9-14(17-10-16-13)19-15(20)12-7-5-4-6-8-12;2-1-3/h4-11H,3H2,1-2H3,(H2,16,17,18,19,20);1H,(H,2,3). The number of nitrogens with zero attached hydrogens (tertiary/aromatic N) is 2. The number of nitrogens with one attached hydrogen (secondary N) is 2. The van der Waals surface area contributed by atoms with Gasteiger partial charge in [-0.25, -0.2) is 9.97 Å². The van der Waals surface area contributed by atoms with E-state index in [1.807, 2.05) is 18.2 Å². The summed E-state index contributed by atoms with van der Waals surface area (Å²) in [6.07, 6.45) is 2.43. The molecular weight excluding hydrogens is 296 g/mol. The third-order valence-corrected chi connectivity index (χ3v) is 2.95. The van der Waals surface area contributed by atoms with Crippen LogP contribution >= 0.6 is 0 Å². The van der Waals surface area contributed by atoms with Crippen molar-refractivity contribution in [2.75, 3.05) is 10.6 Å². The first-order chi connectivity index (χ1) is 11.1. The number of carboxylic acid groups (broad SMARTS) is 1. The Balaban J connectivity index is 0.000000816. The minimum Gasteiger partial charge on any atom is -0.483 e. The highest BCUT2D eigenvalue weighted by molar-refractivity contribution is 6.03. The van der Waals surface area contributed by atoms with Crippen LogP contribution in [0.15, 0.2) is 42.7 Å². The molecule has 3 N–H and O–H groups in total. The van der Waals surface area contributed by atoms with E-state index in [9.17, 15) is 4.79 Å². The second-order valence-electron chi connectivity index (χ2n) is 4.67. The lowest BCUT2D eigenvalue weighted by Gasteiger charge is -2.12. The minimum atomic E-state index is -0.250. The summed E-state index contributed by atoms with van der Waals surface area (Å²) in [5.74, 6) is 1.01. The predicted molar refractivity (Wildman–Crippen MR) is 88.5 cm³/mol. The number of hydrogen-bond donors (Lipinski definition) is 3. The van der Waals surface area contributed by atoms with E-state index in [1.165, 1.54) is 6.33 Å². The molecule has 1 amide bonds. The van der Waals surface area contributed by atoms with E-state index in [-0.39, 0.29) is 12.4 Å². The van der Waals surface area contributed by atoms with Gasteiger partial charge in [-0.3, -0.25) is 9.59 Å². The molecule has 1 aromatic heterocycles. The first-order valence-electron chi connectivity index (χ1n) is 7.13. The Kier molecular flexibility index (Phi) is 7.77. The molecule has 7 heteroatoms. The SMILES string of the molecule is CCC(C)Nc1cc(NC(=O)c2ccccc2)ncn1.O=CO. The number of hydrogen-bond acceptors (Lipinski definition) is 5. The van der Waals surface area contributed by atoms with Crippen molar-refractivity contribution in [1.29, 1.82) is 0 Å². The van der Waals surface area contributed by atoms with Crippen molar-refractivity contribution in [3.8, 4) is 0 Å². The summed E-state index contributed by atoms with van der Waals surface area (Å²) >= 11 is 0. The molecule has 0 aliphatic carbocycles. The Hall–Kier alpha value is -2.96. The molecular formula is C16H20N4O3. The lowest BCUT2D eigenvalue weighted by molar-refractivity contribution is -0.122. The lowest BCUT2D eigenvalue weighted by atomic mass is 10.2. The van der Waals surface area contributed by atoms with Crippen LogP contribution in [-0.2, 0) is 4.79 Å². The van der Waals surface area contributed by atoms with E-state index in [0.29, 0.717) is 23.2 Å². The lowest BCUT2D eigenvalue weighted by Crippen LogP contribution is -2.16. The third kappa shape index (κ3) is 6.56. The number of carbonyl (C=O) groups is 2. The predicted octanol–water partition coefficient (Wildman–Crippen LogP) is 2.64. The number of anilines is 2. The summed E-state index contributed by atoms with van der Waals surface area (Å²) < 4.78 is 0. The molecule has 0 saturated carbocycles. The molecule has 2 rings (SSSR count). The zero-order chi connectivity index (χ0) is 17.1. The zero-order valence-electron chi connectivity index (χ0n) is 13.1. The highest BCUT2D eigenvalue weighted by Crippen LogP contribution is 2.12. The Bertz CT molecular complexity index is 620. The molecule has 1 atom stereocenters. The molecule has 1 aromatic carbocycles. The fraction of sp³-hybridized carbons (Fsp3) is 0.250. The molecule has 0 radical (unpaired) electrons. The van der Waals surface area contributed by atoms with Crippen LogP contribution in [0.3, 0.4) is 0 Å². The van der Waals surface area contributed by atoms with Crippen molar-refractivity contribution in [2.24, 2.45) is 0 Å². The second-order valence-corrected chi connectivity index (χ2v) is 4.67. The van der Waals surface area contributed by atoms with Gasteiger partial charge in [0, 0.05) is 17.7 Å². The topological polar surface area (TPSA) is 104 Å². The van der Waals surface area contributed by atoms with Gasteiger partial charge in [-0.05, 0) is 25.5 Å². The summed E-state index contributed by atoms with van der Waals surface area (Å²) in [5, 5.41) is 12.9. The fourth-order valence-electron chi connectivity index (χ4n) is 1.64. The van der Waals surface area contributed by atoms with Gasteiger partial charge < -0.3 is 15.7 Å². The van der Waals surface area contributed by atoms with Crippen LogP contribution in [0.5, 0.6) is 0 Å². The monoisotopic (exact) mass is 316 g/mol. The largest absolute Gasteiger partial charge is 0.483 e. The van der Waals surface area contributed by atoms with E-state index in [4.69, 9.17) is 9.90 Å². The number of carbonyl (C=O) groups excluding carboxylic acids is 1. The van der Waals surface area contributed by atoms with Crippen LogP contribution in [0.25, 0.3) is 0 Å². The van der Waals surface area contributed by atoms with Gasteiger partial charge >= 0.3 is 0 Å². The molecule has 0 spiro atoms. The molecule has 122 valence electrons. The third-order valence-electron chi connectivity index (χ3n) is 2.95. The average Bonchev–Trinajstić information content (AvgIpc) is 2.56. The number of amides is 1. The van der Waals surface area contributed by atoms with Crippen molar-refractivity contribution < 1.29 is 14.7 Å². The van der Waals surface area contributed by atoms with Crippen LogP contribution in [-0.4, -0.2) is 33.5 Å². The highest BCUT2D eigenvalue weighted by atomic mass is 16.3. The molecule has 0 aliphatic rings. The molecule has 7 nitrogen and oxygen atoms in total. The molecule has 1 heterocycles. The van der Waals surface area contributed by atoms with Gasteiger partial charge in [-0.2, -0.15) is 0 Å². The molecule has 0 aliphatic heterocycles. The summed E-state index contributed by atoms with van der Waals surface area (Å²) in [6, 6.07) is 11.1. The Morgan fingerprint density at radius 3 is 2.48 bits per heavy atom. The van der Waals surface area contributed by atoms with E-state index in [2.05, 4.69) is 34.4 Å². The maximum absolute atomic E-state index is 12.0. The van der Waals surface area contributed by atoms with Crippen molar-refractivity contribution in [1.82, 2.24) is 9.97 Å². The molecule has 0 saturated heterocycles. The van der Waals surface area contributed by atoms with Crippen molar-refractivity contribution >= 4 is 24.0 Å². The van der Waals surface area contributed by atoms with Gasteiger partial charge in [0.25, 0.3) is 12.4 Å². The van der Waals surface area contributed by atoms with E-state index in [1.54, 1.807) is 18.2 Å². The second kappa shape index (κ2) is 9.88. The first-order valence-corrected chi connectivity index (χ1v) is 7.13. The highest BCUT2D eigenvalue weighted by Gasteiger charge is 2.07. The first kappa shape index (κ1) is 18.1. The molecule has 1 unspecified atom stereocenters. The zero-order valence-corrected chi connectivity index (χ0v) is 13.1. The van der Waals surface area contributed by atoms with Crippen molar-refractivity contribution in [2.45, 2.75) is 26.3 Å². The molecule has 23 heavy (non-hydrogen) atoms. The Morgan fingerprint density at radius 2 is 1.87 bits per heavy atom. The Morgan fingerprint density at radius 1 is 1.26 bits per heavy atom. The van der Waals surface area contributed by atoms with Crippen molar-refractivity contribution in [3.63, 3.8) is 0 Å². The van der Waals surface area contributed by atoms with Gasteiger partial charge in [0.05, 0.1) is 0 Å². The van der Waals surface area contributed by atoms with Gasteiger partial charge in [-0.1, -0.05) is 25.1 Å². The Labute approximate surface area is 134 Å².